The summed E-state index contributed by atoms with van der Waals surface area (Å²) in [6.07, 6.45) is 2.15. The Balaban J connectivity index is 3.24. The standard InChI is InChI=1S/C15H20/c1-6-12(4)14-9-7-8-10-15(14)13(5)11(2)3/h6-11H,5H2,1-4H3. The Labute approximate surface area is 93.3 Å². The van der Waals surface area contributed by atoms with E-state index < -0.39 is 0 Å². The Hall–Kier alpha value is -1.30. The molecule has 0 heteroatoms. The molecule has 1 aromatic rings. The van der Waals surface area contributed by atoms with Crippen molar-refractivity contribution in [3.63, 3.8) is 0 Å². The SMILES string of the molecule is C=C(c1ccccc1C(C)=CC)C(C)C. The fourth-order valence-electron chi connectivity index (χ4n) is 1.57. The summed E-state index contributed by atoms with van der Waals surface area (Å²) in [5.74, 6) is 0.496. The van der Waals surface area contributed by atoms with Crippen molar-refractivity contribution in [1.82, 2.24) is 0 Å². The number of allylic oxidation sites excluding steroid dienone is 3. The molecule has 80 valence electrons. The van der Waals surface area contributed by atoms with Crippen molar-refractivity contribution >= 4 is 11.1 Å². The maximum Gasteiger partial charge on any atom is -0.0153 e. The van der Waals surface area contributed by atoms with Gasteiger partial charge in [0.1, 0.15) is 0 Å². The minimum atomic E-state index is 0.496. The van der Waals surface area contributed by atoms with Crippen molar-refractivity contribution in [2.75, 3.05) is 0 Å². The van der Waals surface area contributed by atoms with Crippen LogP contribution < -0.4 is 0 Å². The molecule has 0 amide bonds. The van der Waals surface area contributed by atoms with Crippen molar-refractivity contribution in [2.24, 2.45) is 5.92 Å². The molecular weight excluding hydrogens is 180 g/mol. The van der Waals surface area contributed by atoms with Crippen molar-refractivity contribution in [2.45, 2.75) is 27.7 Å². The van der Waals surface area contributed by atoms with Crippen LogP contribution in [0.5, 0.6) is 0 Å². The molecule has 0 atom stereocenters. The largest absolute Gasteiger partial charge is 0.0950 e. The highest BCUT2D eigenvalue weighted by Gasteiger charge is 2.08. The summed E-state index contributed by atoms with van der Waals surface area (Å²) >= 11 is 0. The van der Waals surface area contributed by atoms with Gasteiger partial charge in [0.15, 0.2) is 0 Å². The predicted octanol–water partition coefficient (Wildman–Crippen LogP) is 4.78. The minimum absolute atomic E-state index is 0.496. The van der Waals surface area contributed by atoms with Crippen LogP contribution in [0.15, 0.2) is 36.9 Å². The predicted molar refractivity (Wildman–Crippen MR) is 69.6 cm³/mol. The van der Waals surface area contributed by atoms with E-state index in [0.717, 1.165) is 0 Å². The van der Waals surface area contributed by atoms with E-state index in [1.807, 2.05) is 0 Å². The van der Waals surface area contributed by atoms with Crippen LogP contribution in [-0.2, 0) is 0 Å². The monoisotopic (exact) mass is 200 g/mol. The third-order valence-corrected chi connectivity index (χ3v) is 2.83. The first-order valence-corrected chi connectivity index (χ1v) is 5.49. The number of hydrogen-bond acceptors (Lipinski definition) is 0. The van der Waals surface area contributed by atoms with Crippen LogP contribution in [0.1, 0.15) is 38.8 Å². The Morgan fingerprint density at radius 3 is 2.20 bits per heavy atom. The summed E-state index contributed by atoms with van der Waals surface area (Å²) < 4.78 is 0. The first kappa shape index (κ1) is 11.8. The lowest BCUT2D eigenvalue weighted by Crippen LogP contribution is -1.96. The number of benzene rings is 1. The zero-order chi connectivity index (χ0) is 11.4. The first-order valence-electron chi connectivity index (χ1n) is 5.49. The number of rotatable bonds is 3. The van der Waals surface area contributed by atoms with Gasteiger partial charge in [-0.15, -0.1) is 0 Å². The molecule has 1 rings (SSSR count). The van der Waals surface area contributed by atoms with Gasteiger partial charge in [-0.2, -0.15) is 0 Å². The van der Waals surface area contributed by atoms with Crippen LogP contribution in [0.2, 0.25) is 0 Å². The van der Waals surface area contributed by atoms with Crippen molar-refractivity contribution in [3.8, 4) is 0 Å². The van der Waals surface area contributed by atoms with Crippen molar-refractivity contribution in [3.05, 3.63) is 48.0 Å². The molecule has 0 aromatic heterocycles. The van der Waals surface area contributed by atoms with Gasteiger partial charge in [0.2, 0.25) is 0 Å². The Bertz CT molecular complexity index is 381. The second kappa shape index (κ2) is 4.97. The van der Waals surface area contributed by atoms with Crippen LogP contribution in [-0.4, -0.2) is 0 Å². The molecule has 0 spiro atoms. The average Bonchev–Trinajstić information content (AvgIpc) is 2.27. The van der Waals surface area contributed by atoms with Crippen LogP contribution in [0.4, 0.5) is 0 Å². The molecule has 0 heterocycles. The average molecular weight is 200 g/mol. The highest BCUT2D eigenvalue weighted by atomic mass is 14.1. The zero-order valence-corrected chi connectivity index (χ0v) is 10.2. The lowest BCUT2D eigenvalue weighted by atomic mass is 9.90. The molecule has 1 aromatic carbocycles. The van der Waals surface area contributed by atoms with E-state index in [2.05, 4.69) is 64.6 Å². The molecule has 0 fully saturated rings. The van der Waals surface area contributed by atoms with E-state index in [-0.39, 0.29) is 0 Å². The van der Waals surface area contributed by atoms with Gasteiger partial charge >= 0.3 is 0 Å². The van der Waals surface area contributed by atoms with Crippen LogP contribution in [0, 0.1) is 5.92 Å². The molecule has 0 nitrogen and oxygen atoms in total. The van der Waals surface area contributed by atoms with E-state index >= 15 is 0 Å². The van der Waals surface area contributed by atoms with Gasteiger partial charge in [-0.25, -0.2) is 0 Å². The third-order valence-electron chi connectivity index (χ3n) is 2.83. The fourth-order valence-corrected chi connectivity index (χ4v) is 1.57. The van der Waals surface area contributed by atoms with Crippen LogP contribution in [0.25, 0.3) is 11.1 Å². The first-order chi connectivity index (χ1) is 7.07. The van der Waals surface area contributed by atoms with E-state index in [1.54, 1.807) is 0 Å². The van der Waals surface area contributed by atoms with Gasteiger partial charge in [0.05, 0.1) is 0 Å². The molecule has 0 radical (unpaired) electrons. The Morgan fingerprint density at radius 2 is 1.73 bits per heavy atom. The topological polar surface area (TPSA) is 0 Å². The van der Waals surface area contributed by atoms with E-state index in [0.29, 0.717) is 5.92 Å². The maximum absolute atomic E-state index is 4.17. The van der Waals surface area contributed by atoms with E-state index in [9.17, 15) is 0 Å². The molecule has 0 aliphatic rings. The van der Waals surface area contributed by atoms with Crippen LogP contribution >= 0.6 is 0 Å². The molecule has 0 aliphatic carbocycles. The van der Waals surface area contributed by atoms with Gasteiger partial charge in [0, 0.05) is 0 Å². The molecule has 0 saturated heterocycles. The quantitative estimate of drug-likeness (QED) is 0.658. The number of hydrogen-bond donors (Lipinski definition) is 0. The summed E-state index contributed by atoms with van der Waals surface area (Å²) in [4.78, 5) is 0. The molecular formula is C15H20. The fraction of sp³-hybridized carbons (Fsp3) is 0.333. The van der Waals surface area contributed by atoms with Gasteiger partial charge in [-0.3, -0.25) is 0 Å². The zero-order valence-electron chi connectivity index (χ0n) is 10.2. The van der Waals surface area contributed by atoms with Crippen LogP contribution in [0.3, 0.4) is 0 Å². The Kier molecular flexibility index (Phi) is 3.90. The second-order valence-electron chi connectivity index (χ2n) is 4.20. The highest BCUT2D eigenvalue weighted by molar-refractivity contribution is 5.78. The van der Waals surface area contributed by atoms with Gasteiger partial charge in [0.25, 0.3) is 0 Å². The second-order valence-corrected chi connectivity index (χ2v) is 4.20. The van der Waals surface area contributed by atoms with Gasteiger partial charge < -0.3 is 0 Å². The van der Waals surface area contributed by atoms with Crippen molar-refractivity contribution < 1.29 is 0 Å². The van der Waals surface area contributed by atoms with Gasteiger partial charge in [-0.05, 0) is 42.0 Å². The molecule has 0 saturated carbocycles. The lowest BCUT2D eigenvalue weighted by Gasteiger charge is -2.15. The molecule has 0 aliphatic heterocycles. The van der Waals surface area contributed by atoms with Crippen molar-refractivity contribution in [1.29, 1.82) is 0 Å². The van der Waals surface area contributed by atoms with Gasteiger partial charge in [-0.1, -0.05) is 50.8 Å². The molecule has 15 heavy (non-hydrogen) atoms. The molecule has 0 bridgehead atoms. The molecule has 0 unspecified atom stereocenters. The smallest absolute Gasteiger partial charge is 0.0153 e. The summed E-state index contributed by atoms with van der Waals surface area (Å²) in [7, 11) is 0. The Morgan fingerprint density at radius 1 is 1.20 bits per heavy atom. The molecule has 0 N–H and O–H groups in total. The minimum Gasteiger partial charge on any atom is -0.0950 e. The summed E-state index contributed by atoms with van der Waals surface area (Å²) in [5.41, 5.74) is 5.11. The third kappa shape index (κ3) is 2.59. The maximum atomic E-state index is 4.17. The summed E-state index contributed by atoms with van der Waals surface area (Å²) in [6, 6.07) is 8.48. The van der Waals surface area contributed by atoms with E-state index in [4.69, 9.17) is 0 Å². The summed E-state index contributed by atoms with van der Waals surface area (Å²) in [6.45, 7) is 12.8. The highest BCUT2D eigenvalue weighted by Crippen LogP contribution is 2.28. The summed E-state index contributed by atoms with van der Waals surface area (Å²) in [5, 5.41) is 0. The van der Waals surface area contributed by atoms with E-state index in [1.165, 1.54) is 22.3 Å². The lowest BCUT2D eigenvalue weighted by molar-refractivity contribution is 0.857. The normalized spacial score (nSPS) is 11.9.